The molecule has 0 fully saturated rings. The van der Waals surface area contributed by atoms with Crippen LogP contribution in [0.1, 0.15) is 48.9 Å². The van der Waals surface area contributed by atoms with Crippen molar-refractivity contribution in [3.8, 4) is 22.3 Å². The number of rotatable bonds is 8. The number of hydrogen-bond donors (Lipinski definition) is 0. The summed E-state index contributed by atoms with van der Waals surface area (Å²) in [5, 5.41) is 2.52. The summed E-state index contributed by atoms with van der Waals surface area (Å²) in [5.41, 5.74) is 13.9. The van der Waals surface area contributed by atoms with E-state index in [0.717, 1.165) is 12.8 Å². The molecule has 0 nitrogen and oxygen atoms in total. The lowest BCUT2D eigenvalue weighted by atomic mass is 9.83. The summed E-state index contributed by atoms with van der Waals surface area (Å²) in [6.45, 7) is 10.5. The number of allylic oxidation sites excluding steroid dienone is 16. The van der Waals surface area contributed by atoms with E-state index in [1.165, 1.54) is 72.0 Å². The molecule has 0 radical (unpaired) electrons. The first-order valence-corrected chi connectivity index (χ1v) is 16.4. The minimum Gasteiger partial charge on any atom is -0.0991 e. The molecule has 0 heterocycles. The molecule has 0 heteroatoms. The molecule has 0 saturated carbocycles. The average Bonchev–Trinajstić information content (AvgIpc) is 3.47. The molecule has 0 spiro atoms. The number of hydrogen-bond acceptors (Lipinski definition) is 0. The van der Waals surface area contributed by atoms with Crippen LogP contribution in [0.15, 0.2) is 164 Å². The number of benzene rings is 4. The van der Waals surface area contributed by atoms with Crippen LogP contribution >= 0.6 is 0 Å². The van der Waals surface area contributed by atoms with E-state index in [0.29, 0.717) is 5.92 Å². The fourth-order valence-corrected chi connectivity index (χ4v) is 6.48. The van der Waals surface area contributed by atoms with Crippen molar-refractivity contribution in [1.29, 1.82) is 0 Å². The van der Waals surface area contributed by atoms with Gasteiger partial charge in [0.25, 0.3) is 0 Å². The summed E-state index contributed by atoms with van der Waals surface area (Å²) < 4.78 is 0. The summed E-state index contributed by atoms with van der Waals surface area (Å²) >= 11 is 0. The molecule has 1 atom stereocenters. The van der Waals surface area contributed by atoms with E-state index in [-0.39, 0.29) is 0 Å². The van der Waals surface area contributed by atoms with Crippen molar-refractivity contribution < 1.29 is 0 Å². The Balaban J connectivity index is 1.47. The van der Waals surface area contributed by atoms with Gasteiger partial charge in [-0.1, -0.05) is 177 Å². The van der Waals surface area contributed by atoms with Gasteiger partial charge in [-0.05, 0) is 99.0 Å². The van der Waals surface area contributed by atoms with Crippen LogP contribution in [-0.2, 0) is 0 Å². The maximum atomic E-state index is 3.85. The second-order valence-electron chi connectivity index (χ2n) is 12.1. The topological polar surface area (TPSA) is 0 Å². The van der Waals surface area contributed by atoms with Crippen LogP contribution in [0.4, 0.5) is 0 Å². The minimum atomic E-state index is 0.497. The van der Waals surface area contributed by atoms with E-state index in [1.807, 2.05) is 12.2 Å². The van der Waals surface area contributed by atoms with Crippen LogP contribution in [0.5, 0.6) is 0 Å². The zero-order valence-electron chi connectivity index (χ0n) is 27.2. The van der Waals surface area contributed by atoms with Gasteiger partial charge in [0.1, 0.15) is 0 Å². The molecule has 46 heavy (non-hydrogen) atoms. The molecular formula is C46H42. The second kappa shape index (κ2) is 14.3. The fraction of sp³-hybridized carbons (Fsp3) is 0.130. The SMILES string of the molecule is C=C/C=C/C=C\c1c(C)c(-c2ccc(C3=CC=CC(CC)C=C3)cc2)c2ccccc2c1-c1ccc(C2=CCC(C)=CC=C2)cc1. The van der Waals surface area contributed by atoms with Gasteiger partial charge in [0, 0.05) is 0 Å². The highest BCUT2D eigenvalue weighted by molar-refractivity contribution is 6.10. The molecule has 4 aromatic rings. The van der Waals surface area contributed by atoms with Gasteiger partial charge in [0.15, 0.2) is 0 Å². The molecular weight excluding hydrogens is 553 g/mol. The molecule has 4 aromatic carbocycles. The van der Waals surface area contributed by atoms with Crippen LogP contribution in [0.2, 0.25) is 0 Å². The van der Waals surface area contributed by atoms with E-state index >= 15 is 0 Å². The Morgan fingerprint density at radius 1 is 0.674 bits per heavy atom. The summed E-state index contributed by atoms with van der Waals surface area (Å²) in [6.07, 6.45) is 32.5. The van der Waals surface area contributed by atoms with Crippen LogP contribution in [-0.4, -0.2) is 0 Å². The second-order valence-corrected chi connectivity index (χ2v) is 12.1. The van der Waals surface area contributed by atoms with Crippen LogP contribution in [0.25, 0.3) is 50.2 Å². The molecule has 226 valence electrons. The Bertz CT molecular complexity index is 1990. The van der Waals surface area contributed by atoms with Gasteiger partial charge < -0.3 is 0 Å². The predicted molar refractivity (Wildman–Crippen MR) is 203 cm³/mol. The van der Waals surface area contributed by atoms with Crippen molar-refractivity contribution in [1.82, 2.24) is 0 Å². The van der Waals surface area contributed by atoms with Crippen molar-refractivity contribution in [2.75, 3.05) is 0 Å². The predicted octanol–water partition coefficient (Wildman–Crippen LogP) is 13.1. The number of fused-ring (bicyclic) bond motifs is 1. The highest BCUT2D eigenvalue weighted by atomic mass is 14.2. The van der Waals surface area contributed by atoms with Gasteiger partial charge in [-0.15, -0.1) is 0 Å². The van der Waals surface area contributed by atoms with Crippen molar-refractivity contribution >= 4 is 28.0 Å². The largest absolute Gasteiger partial charge is 0.0991 e. The summed E-state index contributed by atoms with van der Waals surface area (Å²) in [4.78, 5) is 0. The third kappa shape index (κ3) is 6.58. The Morgan fingerprint density at radius 3 is 2.02 bits per heavy atom. The lowest BCUT2D eigenvalue weighted by Gasteiger charge is -2.20. The summed E-state index contributed by atoms with van der Waals surface area (Å²) in [5.74, 6) is 0.497. The molecule has 0 aromatic heterocycles. The Kier molecular flexibility index (Phi) is 9.56. The zero-order valence-corrected chi connectivity index (χ0v) is 27.2. The molecule has 6 rings (SSSR count). The highest BCUT2D eigenvalue weighted by Gasteiger charge is 2.18. The van der Waals surface area contributed by atoms with Crippen molar-refractivity contribution in [2.45, 2.75) is 33.6 Å². The van der Waals surface area contributed by atoms with Gasteiger partial charge in [0.2, 0.25) is 0 Å². The van der Waals surface area contributed by atoms with Crippen molar-refractivity contribution in [3.63, 3.8) is 0 Å². The quantitative estimate of drug-likeness (QED) is 0.178. The average molecular weight is 595 g/mol. The lowest BCUT2D eigenvalue weighted by molar-refractivity contribution is 0.775. The first kappa shape index (κ1) is 30.8. The zero-order chi connectivity index (χ0) is 31.9. The van der Waals surface area contributed by atoms with Crippen molar-refractivity contribution in [3.05, 3.63) is 186 Å². The van der Waals surface area contributed by atoms with E-state index in [4.69, 9.17) is 0 Å². The first-order valence-electron chi connectivity index (χ1n) is 16.4. The molecule has 0 aliphatic heterocycles. The standard InChI is InChI=1S/C46H42/c1-5-7-8-9-18-42-34(4)45(40-29-25-39(26-30-40)37-17-13-15-35(6-2)22-24-37)43-19-10-11-20-44(43)46(42)41-31-27-38(28-32-41)36-16-12-14-33(3)21-23-36/h5,7-20,22-32,35H,1,6,21H2,2-4H3/b8-7+,18-9-. The maximum absolute atomic E-state index is 3.85. The summed E-state index contributed by atoms with van der Waals surface area (Å²) in [7, 11) is 0. The molecule has 0 N–H and O–H groups in total. The van der Waals surface area contributed by atoms with E-state index in [9.17, 15) is 0 Å². The van der Waals surface area contributed by atoms with Crippen LogP contribution in [0.3, 0.4) is 0 Å². The van der Waals surface area contributed by atoms with Crippen LogP contribution in [0, 0.1) is 12.8 Å². The smallest absolute Gasteiger partial charge is 0.00297 e. The van der Waals surface area contributed by atoms with E-state index < -0.39 is 0 Å². The molecule has 2 aliphatic rings. The molecule has 0 bridgehead atoms. The van der Waals surface area contributed by atoms with E-state index in [2.05, 4.69) is 173 Å². The molecule has 0 saturated heterocycles. The van der Waals surface area contributed by atoms with Gasteiger partial charge in [-0.2, -0.15) is 0 Å². The Labute approximate surface area is 275 Å². The van der Waals surface area contributed by atoms with Gasteiger partial charge in [-0.3, -0.25) is 0 Å². The maximum Gasteiger partial charge on any atom is -0.00297 e. The van der Waals surface area contributed by atoms with Gasteiger partial charge in [0.05, 0.1) is 0 Å². The Morgan fingerprint density at radius 2 is 1.33 bits per heavy atom. The van der Waals surface area contributed by atoms with Crippen LogP contribution < -0.4 is 0 Å². The fourth-order valence-electron chi connectivity index (χ4n) is 6.48. The molecule has 2 aliphatic carbocycles. The normalized spacial score (nSPS) is 16.4. The summed E-state index contributed by atoms with van der Waals surface area (Å²) in [6, 6.07) is 27.1. The molecule has 0 amide bonds. The lowest BCUT2D eigenvalue weighted by Crippen LogP contribution is -1.96. The third-order valence-electron chi connectivity index (χ3n) is 9.08. The van der Waals surface area contributed by atoms with E-state index in [1.54, 1.807) is 0 Å². The van der Waals surface area contributed by atoms with Gasteiger partial charge in [-0.25, -0.2) is 0 Å². The van der Waals surface area contributed by atoms with Gasteiger partial charge >= 0.3 is 0 Å². The third-order valence-corrected chi connectivity index (χ3v) is 9.08. The monoisotopic (exact) mass is 594 g/mol. The van der Waals surface area contributed by atoms with Crippen molar-refractivity contribution in [2.24, 2.45) is 5.92 Å². The Hall–Kier alpha value is -5.20. The highest BCUT2D eigenvalue weighted by Crippen LogP contribution is 2.43. The molecule has 1 unspecified atom stereocenters. The first-order chi connectivity index (χ1) is 22.6. The minimum absolute atomic E-state index is 0.497.